The molecule has 0 spiro atoms. The van der Waals surface area contributed by atoms with Crippen molar-refractivity contribution in [3.63, 3.8) is 0 Å². The number of aromatic nitrogens is 2. The fourth-order valence-corrected chi connectivity index (χ4v) is 2.62. The van der Waals surface area contributed by atoms with Crippen molar-refractivity contribution in [2.45, 2.75) is 32.4 Å². The van der Waals surface area contributed by atoms with Gasteiger partial charge in [-0.2, -0.15) is 13.2 Å². The molecule has 1 saturated heterocycles. The number of piperazine rings is 1. The number of aliphatic imine (C=N–C) groups is 1. The van der Waals surface area contributed by atoms with Crippen LogP contribution in [0.15, 0.2) is 23.5 Å². The van der Waals surface area contributed by atoms with Gasteiger partial charge < -0.3 is 15.1 Å². The molecule has 0 radical (unpaired) electrons. The Morgan fingerprint density at radius 3 is 2.44 bits per heavy atom. The number of nitrogens with one attached hydrogen (secondary N) is 1. The predicted octanol–water partition coefficient (Wildman–Crippen LogP) is 2.30. The maximum Gasteiger partial charge on any atom is 0.389 e. The van der Waals surface area contributed by atoms with Gasteiger partial charge in [0.1, 0.15) is 0 Å². The van der Waals surface area contributed by atoms with Crippen LogP contribution in [0, 0.1) is 0 Å². The molecule has 0 aliphatic carbocycles. The van der Waals surface area contributed by atoms with Crippen LogP contribution < -0.4 is 10.2 Å². The highest BCUT2D eigenvalue weighted by atomic mass is 19.4. The van der Waals surface area contributed by atoms with Gasteiger partial charge in [-0.15, -0.1) is 0 Å². The molecule has 9 heteroatoms. The maximum atomic E-state index is 12.2. The summed E-state index contributed by atoms with van der Waals surface area (Å²) in [4.78, 5) is 17.2. The van der Waals surface area contributed by atoms with Gasteiger partial charge in [0.25, 0.3) is 0 Å². The number of alkyl halides is 3. The van der Waals surface area contributed by atoms with Gasteiger partial charge in [0.15, 0.2) is 5.96 Å². The van der Waals surface area contributed by atoms with E-state index in [0.29, 0.717) is 13.0 Å². The third-order valence-electron chi connectivity index (χ3n) is 3.88. The molecule has 2 heterocycles. The molecule has 1 aliphatic rings. The molecule has 140 valence electrons. The van der Waals surface area contributed by atoms with Crippen LogP contribution in [0.5, 0.6) is 0 Å². The third-order valence-corrected chi connectivity index (χ3v) is 3.88. The first-order valence-corrected chi connectivity index (χ1v) is 8.61. The lowest BCUT2D eigenvalue weighted by atomic mass is 10.2. The number of guanidine groups is 1. The molecule has 0 unspecified atom stereocenters. The molecule has 1 aromatic rings. The number of anilines is 1. The van der Waals surface area contributed by atoms with Crippen LogP contribution in [0.4, 0.5) is 19.1 Å². The highest BCUT2D eigenvalue weighted by molar-refractivity contribution is 5.80. The smallest absolute Gasteiger partial charge is 0.357 e. The summed E-state index contributed by atoms with van der Waals surface area (Å²) in [6.45, 7) is 6.21. The highest BCUT2D eigenvalue weighted by Gasteiger charge is 2.26. The normalized spacial score (nSPS) is 16.2. The molecule has 0 amide bonds. The van der Waals surface area contributed by atoms with Crippen LogP contribution >= 0.6 is 0 Å². The standard InChI is InChI=1S/C16H25F3N6/c1-2-20-14(21-7-4-3-6-16(17,18)19)24-10-12-25(13-11-24)15-22-8-5-9-23-15/h5,8-9H,2-4,6-7,10-13H2,1H3,(H,20,21). The van der Waals surface area contributed by atoms with Crippen molar-refractivity contribution >= 4 is 11.9 Å². The molecule has 0 saturated carbocycles. The van der Waals surface area contributed by atoms with Crippen molar-refractivity contribution in [2.75, 3.05) is 44.2 Å². The number of rotatable bonds is 6. The zero-order valence-electron chi connectivity index (χ0n) is 14.5. The average molecular weight is 358 g/mol. The third kappa shape index (κ3) is 6.75. The first-order valence-electron chi connectivity index (χ1n) is 8.61. The largest absolute Gasteiger partial charge is 0.389 e. The van der Waals surface area contributed by atoms with E-state index in [2.05, 4.69) is 30.1 Å². The van der Waals surface area contributed by atoms with Gasteiger partial charge in [-0.3, -0.25) is 4.99 Å². The Bertz CT molecular complexity index is 526. The van der Waals surface area contributed by atoms with E-state index in [-0.39, 0.29) is 6.42 Å². The fraction of sp³-hybridized carbons (Fsp3) is 0.688. The van der Waals surface area contributed by atoms with Gasteiger partial charge in [-0.25, -0.2) is 9.97 Å². The number of hydrogen-bond acceptors (Lipinski definition) is 4. The Morgan fingerprint density at radius 1 is 1.16 bits per heavy atom. The summed E-state index contributed by atoms with van der Waals surface area (Å²) in [5.41, 5.74) is 0. The van der Waals surface area contributed by atoms with E-state index in [1.165, 1.54) is 0 Å². The molecule has 2 rings (SSSR count). The number of nitrogens with zero attached hydrogens (tertiary/aromatic N) is 5. The van der Waals surface area contributed by atoms with E-state index in [0.717, 1.165) is 44.6 Å². The minimum Gasteiger partial charge on any atom is -0.357 e. The van der Waals surface area contributed by atoms with Crippen LogP contribution in [0.25, 0.3) is 0 Å². The SMILES string of the molecule is CCNC(=NCCCCC(F)(F)F)N1CCN(c2ncccn2)CC1. The van der Waals surface area contributed by atoms with Gasteiger partial charge in [-0.05, 0) is 25.8 Å². The Balaban J connectivity index is 1.81. The lowest BCUT2D eigenvalue weighted by Crippen LogP contribution is -2.53. The van der Waals surface area contributed by atoms with Crippen LogP contribution in [0.2, 0.25) is 0 Å². The van der Waals surface area contributed by atoms with Crippen molar-refractivity contribution in [1.29, 1.82) is 0 Å². The molecule has 0 aromatic carbocycles. The van der Waals surface area contributed by atoms with Gasteiger partial charge in [0, 0.05) is 58.1 Å². The summed E-state index contributed by atoms with van der Waals surface area (Å²) >= 11 is 0. The highest BCUT2D eigenvalue weighted by Crippen LogP contribution is 2.22. The zero-order valence-corrected chi connectivity index (χ0v) is 14.5. The molecule has 25 heavy (non-hydrogen) atoms. The van der Waals surface area contributed by atoms with Crippen LogP contribution in [-0.4, -0.2) is 66.3 Å². The second-order valence-corrected chi connectivity index (χ2v) is 5.83. The van der Waals surface area contributed by atoms with Crippen LogP contribution in [0.3, 0.4) is 0 Å². The van der Waals surface area contributed by atoms with Gasteiger partial charge >= 0.3 is 6.18 Å². The van der Waals surface area contributed by atoms with Gasteiger partial charge in [0.2, 0.25) is 5.95 Å². The average Bonchev–Trinajstić information content (AvgIpc) is 2.60. The minimum absolute atomic E-state index is 0.117. The quantitative estimate of drug-likeness (QED) is 0.480. The minimum atomic E-state index is -4.08. The fourth-order valence-electron chi connectivity index (χ4n) is 2.62. The van der Waals surface area contributed by atoms with Gasteiger partial charge in [-0.1, -0.05) is 0 Å². The van der Waals surface area contributed by atoms with E-state index in [9.17, 15) is 13.2 Å². The van der Waals surface area contributed by atoms with E-state index >= 15 is 0 Å². The summed E-state index contributed by atoms with van der Waals surface area (Å²) in [6.07, 6.45) is -0.820. The van der Waals surface area contributed by atoms with Crippen molar-refractivity contribution in [2.24, 2.45) is 4.99 Å². The predicted molar refractivity (Wildman–Crippen MR) is 91.7 cm³/mol. The first kappa shape index (κ1) is 19.3. The Hall–Kier alpha value is -2.06. The molecule has 6 nitrogen and oxygen atoms in total. The monoisotopic (exact) mass is 358 g/mol. The molecule has 1 aliphatic heterocycles. The Morgan fingerprint density at radius 2 is 1.84 bits per heavy atom. The summed E-state index contributed by atoms with van der Waals surface area (Å²) in [5.74, 6) is 1.49. The van der Waals surface area contributed by atoms with Crippen LogP contribution in [-0.2, 0) is 0 Å². The molecule has 1 aromatic heterocycles. The Kier molecular flexibility index (Phi) is 7.27. The second-order valence-electron chi connectivity index (χ2n) is 5.83. The van der Waals surface area contributed by atoms with E-state index in [1.54, 1.807) is 18.5 Å². The molecule has 1 fully saturated rings. The van der Waals surface area contributed by atoms with Crippen molar-refractivity contribution in [3.8, 4) is 0 Å². The van der Waals surface area contributed by atoms with E-state index < -0.39 is 12.6 Å². The van der Waals surface area contributed by atoms with Crippen LogP contribution in [0.1, 0.15) is 26.2 Å². The molecule has 0 atom stereocenters. The lowest BCUT2D eigenvalue weighted by Gasteiger charge is -2.36. The zero-order chi connectivity index (χ0) is 18.1. The number of unbranched alkanes of at least 4 members (excludes halogenated alkanes) is 1. The summed E-state index contributed by atoms with van der Waals surface area (Å²) in [7, 11) is 0. The number of halogens is 3. The first-order chi connectivity index (χ1) is 12.0. The lowest BCUT2D eigenvalue weighted by molar-refractivity contribution is -0.135. The summed E-state index contributed by atoms with van der Waals surface area (Å²) in [5, 5.41) is 3.22. The van der Waals surface area contributed by atoms with E-state index in [4.69, 9.17) is 0 Å². The maximum absolute atomic E-state index is 12.2. The topological polar surface area (TPSA) is 56.7 Å². The second kappa shape index (κ2) is 9.43. The van der Waals surface area contributed by atoms with Crippen molar-refractivity contribution < 1.29 is 13.2 Å². The molecule has 0 bridgehead atoms. The summed E-state index contributed by atoms with van der Waals surface area (Å²) < 4.78 is 36.5. The number of hydrogen-bond donors (Lipinski definition) is 1. The van der Waals surface area contributed by atoms with Crippen molar-refractivity contribution in [3.05, 3.63) is 18.5 Å². The van der Waals surface area contributed by atoms with Crippen molar-refractivity contribution in [1.82, 2.24) is 20.2 Å². The molecular formula is C16H25F3N6. The molecular weight excluding hydrogens is 333 g/mol. The van der Waals surface area contributed by atoms with Gasteiger partial charge in [0.05, 0.1) is 0 Å². The molecule has 1 N–H and O–H groups in total. The Labute approximate surface area is 146 Å². The van der Waals surface area contributed by atoms with E-state index in [1.807, 2.05) is 6.92 Å². The summed E-state index contributed by atoms with van der Waals surface area (Å²) in [6, 6.07) is 1.79.